The van der Waals surface area contributed by atoms with E-state index < -0.39 is 0 Å². The van der Waals surface area contributed by atoms with Crippen LogP contribution in [0, 0.1) is 6.92 Å². The van der Waals surface area contributed by atoms with Crippen LogP contribution < -0.4 is 10.2 Å². The highest BCUT2D eigenvalue weighted by Crippen LogP contribution is 2.19. The topological polar surface area (TPSA) is 44.3 Å². The summed E-state index contributed by atoms with van der Waals surface area (Å²) in [5, 5.41) is 3.16. The van der Waals surface area contributed by atoms with Gasteiger partial charge in [-0.05, 0) is 40.4 Å². The fourth-order valence-electron chi connectivity index (χ4n) is 2.84. The van der Waals surface area contributed by atoms with Gasteiger partial charge >= 0.3 is 0 Å². The lowest BCUT2D eigenvalue weighted by Gasteiger charge is -2.30. The standard InChI is InChI=1S/C15H27N5/c1-5-14-11-19(4)7-6-8-20(14)15-17-10-13(9-16-3)12(2)18-15/h10,14,16H,5-9,11H2,1-4H3. The number of anilines is 1. The highest BCUT2D eigenvalue weighted by molar-refractivity contribution is 5.35. The first kappa shape index (κ1) is 15.2. The van der Waals surface area contributed by atoms with Gasteiger partial charge in [-0.2, -0.15) is 0 Å². The van der Waals surface area contributed by atoms with Crippen molar-refractivity contribution in [1.82, 2.24) is 20.2 Å². The van der Waals surface area contributed by atoms with Crippen molar-refractivity contribution in [3.63, 3.8) is 0 Å². The van der Waals surface area contributed by atoms with Crippen molar-refractivity contribution in [3.05, 3.63) is 17.5 Å². The summed E-state index contributed by atoms with van der Waals surface area (Å²) >= 11 is 0. The number of aryl methyl sites for hydroxylation is 1. The minimum Gasteiger partial charge on any atom is -0.337 e. The van der Waals surface area contributed by atoms with Gasteiger partial charge in [-0.3, -0.25) is 0 Å². The Morgan fingerprint density at radius 2 is 2.20 bits per heavy atom. The molecular weight excluding hydrogens is 250 g/mol. The van der Waals surface area contributed by atoms with Crippen molar-refractivity contribution >= 4 is 5.95 Å². The molecule has 112 valence electrons. The third-order valence-electron chi connectivity index (χ3n) is 4.07. The molecule has 1 aromatic heterocycles. The Morgan fingerprint density at radius 1 is 1.40 bits per heavy atom. The largest absolute Gasteiger partial charge is 0.337 e. The smallest absolute Gasteiger partial charge is 0.225 e. The maximum absolute atomic E-state index is 4.74. The number of likely N-dealkylation sites (N-methyl/N-ethyl adjacent to an activating group) is 1. The first-order valence-electron chi connectivity index (χ1n) is 7.58. The van der Waals surface area contributed by atoms with Crippen LogP contribution in [-0.2, 0) is 6.54 Å². The summed E-state index contributed by atoms with van der Waals surface area (Å²) in [7, 11) is 4.15. The molecule has 0 saturated carbocycles. The lowest BCUT2D eigenvalue weighted by molar-refractivity contribution is 0.327. The molecule has 1 saturated heterocycles. The Balaban J connectivity index is 2.21. The molecule has 0 spiro atoms. The molecule has 1 N–H and O–H groups in total. The second kappa shape index (κ2) is 6.99. The highest BCUT2D eigenvalue weighted by Gasteiger charge is 2.24. The zero-order chi connectivity index (χ0) is 14.5. The molecule has 1 aliphatic rings. The molecule has 0 bridgehead atoms. The maximum Gasteiger partial charge on any atom is 0.225 e. The van der Waals surface area contributed by atoms with Crippen molar-refractivity contribution < 1.29 is 0 Å². The summed E-state index contributed by atoms with van der Waals surface area (Å²) in [6, 6.07) is 0.511. The first-order chi connectivity index (χ1) is 9.65. The molecule has 2 rings (SSSR count). The minimum absolute atomic E-state index is 0.511. The summed E-state index contributed by atoms with van der Waals surface area (Å²) in [6.07, 6.45) is 4.27. The van der Waals surface area contributed by atoms with Crippen LogP contribution in [0.2, 0.25) is 0 Å². The normalized spacial score (nSPS) is 21.0. The molecule has 1 aromatic rings. The van der Waals surface area contributed by atoms with Gasteiger partial charge in [0.2, 0.25) is 5.95 Å². The van der Waals surface area contributed by atoms with Crippen molar-refractivity contribution in [3.8, 4) is 0 Å². The third-order valence-corrected chi connectivity index (χ3v) is 4.07. The molecule has 1 atom stereocenters. The summed E-state index contributed by atoms with van der Waals surface area (Å²) in [5.74, 6) is 0.893. The number of rotatable bonds is 4. The predicted octanol–water partition coefficient (Wildman–Crippen LogP) is 1.42. The molecule has 0 radical (unpaired) electrons. The molecule has 1 unspecified atom stereocenters. The fraction of sp³-hybridized carbons (Fsp3) is 0.733. The van der Waals surface area contributed by atoms with Crippen LogP contribution in [0.3, 0.4) is 0 Å². The van der Waals surface area contributed by atoms with E-state index in [1.54, 1.807) is 0 Å². The van der Waals surface area contributed by atoms with Crippen LogP contribution in [0.1, 0.15) is 31.0 Å². The molecule has 0 aromatic carbocycles. The van der Waals surface area contributed by atoms with Crippen LogP contribution in [0.4, 0.5) is 5.95 Å². The van der Waals surface area contributed by atoms with Gasteiger partial charge in [0.1, 0.15) is 0 Å². The number of aromatic nitrogens is 2. The summed E-state index contributed by atoms with van der Waals surface area (Å²) in [4.78, 5) is 14.1. The van der Waals surface area contributed by atoms with Gasteiger partial charge in [0.15, 0.2) is 0 Å². The number of hydrogen-bond donors (Lipinski definition) is 1. The van der Waals surface area contributed by atoms with Crippen molar-refractivity contribution in [1.29, 1.82) is 0 Å². The zero-order valence-corrected chi connectivity index (χ0v) is 13.2. The molecule has 20 heavy (non-hydrogen) atoms. The lowest BCUT2D eigenvalue weighted by Crippen LogP contribution is -2.40. The fourth-order valence-corrected chi connectivity index (χ4v) is 2.84. The van der Waals surface area contributed by atoms with E-state index in [1.807, 2.05) is 13.2 Å². The van der Waals surface area contributed by atoms with Crippen LogP contribution in [0.25, 0.3) is 0 Å². The Bertz CT molecular complexity index is 434. The predicted molar refractivity (Wildman–Crippen MR) is 83.1 cm³/mol. The monoisotopic (exact) mass is 277 g/mol. The molecule has 2 heterocycles. The molecular formula is C15H27N5. The second-order valence-corrected chi connectivity index (χ2v) is 5.68. The summed E-state index contributed by atoms with van der Waals surface area (Å²) < 4.78 is 0. The van der Waals surface area contributed by atoms with E-state index >= 15 is 0 Å². The van der Waals surface area contributed by atoms with E-state index in [9.17, 15) is 0 Å². The van der Waals surface area contributed by atoms with Crippen LogP contribution in [-0.4, -0.2) is 54.6 Å². The molecule has 0 aliphatic carbocycles. The van der Waals surface area contributed by atoms with Gasteiger partial charge in [-0.25, -0.2) is 9.97 Å². The third kappa shape index (κ3) is 3.46. The van der Waals surface area contributed by atoms with Gasteiger partial charge in [-0.15, -0.1) is 0 Å². The van der Waals surface area contributed by atoms with Crippen LogP contribution in [0.5, 0.6) is 0 Å². The van der Waals surface area contributed by atoms with Crippen molar-refractivity contribution in [2.24, 2.45) is 0 Å². The molecule has 5 heteroatoms. The average Bonchev–Trinajstić information content (AvgIpc) is 2.62. The molecule has 5 nitrogen and oxygen atoms in total. The Labute approximate surface area is 122 Å². The van der Waals surface area contributed by atoms with Gasteiger partial charge in [0.05, 0.1) is 0 Å². The second-order valence-electron chi connectivity index (χ2n) is 5.68. The highest BCUT2D eigenvalue weighted by atomic mass is 15.3. The molecule has 1 fully saturated rings. The van der Waals surface area contributed by atoms with Crippen LogP contribution in [0.15, 0.2) is 6.20 Å². The van der Waals surface area contributed by atoms with Gasteiger partial charge in [0, 0.05) is 43.1 Å². The van der Waals surface area contributed by atoms with Gasteiger partial charge in [-0.1, -0.05) is 6.92 Å². The average molecular weight is 277 g/mol. The molecule has 0 amide bonds. The van der Waals surface area contributed by atoms with E-state index in [1.165, 1.54) is 12.0 Å². The molecule has 1 aliphatic heterocycles. The number of nitrogens with zero attached hydrogens (tertiary/aromatic N) is 4. The summed E-state index contributed by atoms with van der Waals surface area (Å²) in [5.41, 5.74) is 2.26. The number of hydrogen-bond acceptors (Lipinski definition) is 5. The minimum atomic E-state index is 0.511. The SMILES string of the molecule is CCC1CN(C)CCCN1c1ncc(CNC)c(C)n1. The lowest BCUT2D eigenvalue weighted by atomic mass is 10.2. The Hall–Kier alpha value is -1.20. The van der Waals surface area contributed by atoms with E-state index in [0.29, 0.717) is 6.04 Å². The van der Waals surface area contributed by atoms with E-state index in [0.717, 1.165) is 44.2 Å². The van der Waals surface area contributed by atoms with Crippen molar-refractivity contribution in [2.45, 2.75) is 39.3 Å². The Morgan fingerprint density at radius 3 is 2.85 bits per heavy atom. The van der Waals surface area contributed by atoms with Gasteiger partial charge < -0.3 is 15.1 Å². The summed E-state index contributed by atoms with van der Waals surface area (Å²) in [6.45, 7) is 8.45. The van der Waals surface area contributed by atoms with E-state index in [2.05, 4.69) is 41.0 Å². The van der Waals surface area contributed by atoms with E-state index in [-0.39, 0.29) is 0 Å². The zero-order valence-electron chi connectivity index (χ0n) is 13.2. The Kier molecular flexibility index (Phi) is 5.31. The van der Waals surface area contributed by atoms with Gasteiger partial charge in [0.25, 0.3) is 0 Å². The number of nitrogens with one attached hydrogen (secondary N) is 1. The van der Waals surface area contributed by atoms with E-state index in [4.69, 9.17) is 4.98 Å². The maximum atomic E-state index is 4.74. The quantitative estimate of drug-likeness (QED) is 0.902. The van der Waals surface area contributed by atoms with Crippen LogP contribution >= 0.6 is 0 Å². The van der Waals surface area contributed by atoms with Crippen molar-refractivity contribution in [2.75, 3.05) is 38.6 Å². The first-order valence-corrected chi connectivity index (χ1v) is 7.58.